The Morgan fingerprint density at radius 2 is 1.90 bits per heavy atom. The molecule has 3 aromatic heterocycles. The quantitative estimate of drug-likeness (QED) is 0.590. The number of hydrogen-bond acceptors (Lipinski definition) is 5. The third kappa shape index (κ3) is 4.71. The zero-order chi connectivity index (χ0) is 22.2. The molecule has 0 spiro atoms. The molecule has 0 aliphatic carbocycles. The Kier molecular flexibility index (Phi) is 5.96. The van der Waals surface area contributed by atoms with Gasteiger partial charge >= 0.3 is 6.18 Å². The van der Waals surface area contributed by atoms with E-state index >= 15 is 0 Å². The third-order valence-electron chi connectivity index (χ3n) is 5.75. The summed E-state index contributed by atoms with van der Waals surface area (Å²) >= 11 is 0. The van der Waals surface area contributed by atoms with Gasteiger partial charge in [0, 0.05) is 55.1 Å². The fraction of sp³-hybridized carbons (Fsp3) is 0.545. The van der Waals surface area contributed by atoms with E-state index in [4.69, 9.17) is 0 Å². The summed E-state index contributed by atoms with van der Waals surface area (Å²) in [6.07, 6.45) is 1.87. The highest BCUT2D eigenvalue weighted by atomic mass is 19.4. The second-order valence-corrected chi connectivity index (χ2v) is 8.49. The number of alkyl halides is 3. The van der Waals surface area contributed by atoms with E-state index in [0.717, 1.165) is 60.9 Å². The van der Waals surface area contributed by atoms with Crippen molar-refractivity contribution >= 4 is 5.65 Å². The van der Waals surface area contributed by atoms with Crippen LogP contribution in [0.25, 0.3) is 5.65 Å². The maximum atomic E-state index is 13.7. The van der Waals surface area contributed by atoms with Crippen molar-refractivity contribution in [3.05, 3.63) is 53.0 Å². The summed E-state index contributed by atoms with van der Waals surface area (Å²) in [6.45, 7) is 8.08. The number of aryl methyl sites for hydroxylation is 1. The summed E-state index contributed by atoms with van der Waals surface area (Å²) in [5, 5.41) is 4.35. The molecule has 4 heterocycles. The van der Waals surface area contributed by atoms with E-state index in [1.165, 1.54) is 0 Å². The molecular formula is C22H27F3N6. The first-order valence-electron chi connectivity index (χ1n) is 10.7. The minimum absolute atomic E-state index is 0.0647. The lowest BCUT2D eigenvalue weighted by atomic mass is 9.94. The van der Waals surface area contributed by atoms with Crippen molar-refractivity contribution in [2.45, 2.75) is 64.6 Å². The van der Waals surface area contributed by atoms with Gasteiger partial charge in [0.2, 0.25) is 0 Å². The molecule has 1 aliphatic rings. The van der Waals surface area contributed by atoms with Crippen LogP contribution in [0.4, 0.5) is 13.2 Å². The van der Waals surface area contributed by atoms with E-state index < -0.39 is 11.9 Å². The van der Waals surface area contributed by atoms with E-state index in [-0.39, 0.29) is 17.5 Å². The fourth-order valence-electron chi connectivity index (χ4n) is 4.05. The lowest BCUT2D eigenvalue weighted by Gasteiger charge is -2.31. The van der Waals surface area contributed by atoms with E-state index in [9.17, 15) is 13.2 Å². The van der Waals surface area contributed by atoms with Gasteiger partial charge in [0.1, 0.15) is 11.5 Å². The van der Waals surface area contributed by atoms with Crippen LogP contribution in [-0.4, -0.2) is 42.6 Å². The van der Waals surface area contributed by atoms with Crippen molar-refractivity contribution in [2.75, 3.05) is 13.1 Å². The van der Waals surface area contributed by atoms with E-state index in [2.05, 4.69) is 25.0 Å². The van der Waals surface area contributed by atoms with Crippen molar-refractivity contribution < 1.29 is 13.2 Å². The molecule has 0 radical (unpaired) electrons. The largest absolute Gasteiger partial charge is 0.433 e. The van der Waals surface area contributed by atoms with Gasteiger partial charge < -0.3 is 0 Å². The van der Waals surface area contributed by atoms with Crippen LogP contribution in [0.1, 0.15) is 73.9 Å². The van der Waals surface area contributed by atoms with E-state index in [1.54, 1.807) is 6.07 Å². The molecule has 3 aromatic rings. The fourth-order valence-corrected chi connectivity index (χ4v) is 4.05. The molecule has 0 bridgehead atoms. The van der Waals surface area contributed by atoms with Crippen molar-refractivity contribution in [2.24, 2.45) is 0 Å². The average molecular weight is 432 g/mol. The Hall–Kier alpha value is -2.55. The van der Waals surface area contributed by atoms with Crippen LogP contribution in [0.3, 0.4) is 0 Å². The van der Waals surface area contributed by atoms with Crippen molar-refractivity contribution in [1.29, 1.82) is 0 Å². The molecule has 0 saturated carbocycles. The van der Waals surface area contributed by atoms with Crippen LogP contribution < -0.4 is 0 Å². The SMILES string of the molecule is CCc1ncc(CN2CCCC(c3cc4nc(C(C)C)cc(C(F)(F)F)n4n3)C2)cn1. The van der Waals surface area contributed by atoms with Crippen LogP contribution in [0.5, 0.6) is 0 Å². The predicted molar refractivity (Wildman–Crippen MR) is 111 cm³/mol. The first-order chi connectivity index (χ1) is 14.7. The molecule has 1 unspecified atom stereocenters. The van der Waals surface area contributed by atoms with Crippen LogP contribution in [-0.2, 0) is 19.1 Å². The Morgan fingerprint density at radius 3 is 2.55 bits per heavy atom. The maximum Gasteiger partial charge on any atom is 0.433 e. The Labute approximate surface area is 179 Å². The maximum absolute atomic E-state index is 13.7. The van der Waals surface area contributed by atoms with Crippen molar-refractivity contribution in [3.63, 3.8) is 0 Å². The first-order valence-corrected chi connectivity index (χ1v) is 10.7. The lowest BCUT2D eigenvalue weighted by molar-refractivity contribution is -0.142. The molecule has 0 amide bonds. The van der Waals surface area contributed by atoms with Gasteiger partial charge in [0.15, 0.2) is 5.65 Å². The second kappa shape index (κ2) is 8.53. The highest BCUT2D eigenvalue weighted by molar-refractivity contribution is 5.44. The van der Waals surface area contributed by atoms with Gasteiger partial charge in [-0.05, 0) is 31.4 Å². The van der Waals surface area contributed by atoms with Crippen LogP contribution in [0.15, 0.2) is 24.5 Å². The van der Waals surface area contributed by atoms with Crippen molar-refractivity contribution in [1.82, 2.24) is 29.5 Å². The Balaban J connectivity index is 1.58. The molecule has 1 fully saturated rings. The minimum atomic E-state index is -4.49. The summed E-state index contributed by atoms with van der Waals surface area (Å²) in [5.41, 5.74) is 1.62. The van der Waals surface area contributed by atoms with Crippen molar-refractivity contribution in [3.8, 4) is 0 Å². The topological polar surface area (TPSA) is 59.2 Å². The molecule has 0 N–H and O–H groups in total. The van der Waals surface area contributed by atoms with Crippen LogP contribution >= 0.6 is 0 Å². The summed E-state index contributed by atoms with van der Waals surface area (Å²) in [6, 6.07) is 2.83. The zero-order valence-electron chi connectivity index (χ0n) is 18.0. The number of rotatable bonds is 5. The van der Waals surface area contributed by atoms with Gasteiger partial charge in [0.05, 0.1) is 5.69 Å². The molecular weight excluding hydrogens is 405 g/mol. The minimum Gasteiger partial charge on any atom is -0.298 e. The average Bonchev–Trinajstić information content (AvgIpc) is 3.17. The number of piperidine rings is 1. The molecule has 1 atom stereocenters. The molecule has 1 aliphatic heterocycles. The normalized spacial score (nSPS) is 18.2. The smallest absolute Gasteiger partial charge is 0.298 e. The molecule has 31 heavy (non-hydrogen) atoms. The number of aromatic nitrogens is 5. The Bertz CT molecular complexity index is 1040. The summed E-state index contributed by atoms with van der Waals surface area (Å²) in [7, 11) is 0. The van der Waals surface area contributed by atoms with E-state index in [0.29, 0.717) is 11.4 Å². The standard InChI is InChI=1S/C22H27F3N6/c1-4-20-26-10-15(11-27-20)12-30-7-5-6-16(13-30)18-9-21-28-17(14(2)3)8-19(22(23,24)25)31(21)29-18/h8-11,14,16H,4-7,12-13H2,1-3H3. The van der Waals surface area contributed by atoms with Gasteiger partial charge in [-0.1, -0.05) is 20.8 Å². The number of fused-ring (bicyclic) bond motifs is 1. The predicted octanol–water partition coefficient (Wildman–Crippen LogP) is 4.60. The number of hydrogen-bond donors (Lipinski definition) is 0. The lowest BCUT2D eigenvalue weighted by Crippen LogP contribution is -2.34. The van der Waals surface area contributed by atoms with Gasteiger partial charge in [-0.3, -0.25) is 4.90 Å². The number of halogens is 3. The summed E-state index contributed by atoms with van der Waals surface area (Å²) in [5.74, 6) is 0.782. The van der Waals surface area contributed by atoms with Gasteiger partial charge in [-0.25, -0.2) is 19.5 Å². The highest BCUT2D eigenvalue weighted by Gasteiger charge is 2.36. The van der Waals surface area contributed by atoms with Crippen LogP contribution in [0, 0.1) is 0 Å². The van der Waals surface area contributed by atoms with Crippen LogP contribution in [0.2, 0.25) is 0 Å². The molecule has 0 aromatic carbocycles. The second-order valence-electron chi connectivity index (χ2n) is 8.49. The highest BCUT2D eigenvalue weighted by Crippen LogP contribution is 2.33. The van der Waals surface area contributed by atoms with Gasteiger partial charge in [-0.2, -0.15) is 18.3 Å². The van der Waals surface area contributed by atoms with E-state index in [1.807, 2.05) is 33.2 Å². The zero-order valence-corrected chi connectivity index (χ0v) is 18.0. The van der Waals surface area contributed by atoms with Gasteiger partial charge in [-0.15, -0.1) is 0 Å². The molecule has 6 nitrogen and oxygen atoms in total. The molecule has 166 valence electrons. The number of nitrogens with zero attached hydrogens (tertiary/aromatic N) is 6. The summed E-state index contributed by atoms with van der Waals surface area (Å²) in [4.78, 5) is 15.4. The number of likely N-dealkylation sites (tertiary alicyclic amines) is 1. The third-order valence-corrected chi connectivity index (χ3v) is 5.75. The Morgan fingerprint density at radius 1 is 1.16 bits per heavy atom. The molecule has 4 rings (SSSR count). The first kappa shape index (κ1) is 21.7. The monoisotopic (exact) mass is 432 g/mol. The molecule has 9 heteroatoms. The summed E-state index contributed by atoms with van der Waals surface area (Å²) < 4.78 is 41.9. The van der Waals surface area contributed by atoms with Gasteiger partial charge in [0.25, 0.3) is 0 Å². The molecule has 1 saturated heterocycles.